The third kappa shape index (κ3) is 6.68. The maximum absolute atomic E-state index is 9.50. The van der Waals surface area contributed by atoms with Crippen LogP contribution in [0.15, 0.2) is 30.3 Å². The van der Waals surface area contributed by atoms with Crippen LogP contribution in [0.5, 0.6) is 0 Å². The highest BCUT2D eigenvalue weighted by Gasteiger charge is 2.14. The Labute approximate surface area is 116 Å². The third-order valence-electron chi connectivity index (χ3n) is 3.14. The third-order valence-corrected chi connectivity index (χ3v) is 3.14. The van der Waals surface area contributed by atoms with Crippen molar-refractivity contribution < 1.29 is 9.84 Å². The van der Waals surface area contributed by atoms with Crippen molar-refractivity contribution >= 4 is 0 Å². The van der Waals surface area contributed by atoms with Crippen molar-refractivity contribution in [3.05, 3.63) is 35.9 Å². The lowest BCUT2D eigenvalue weighted by atomic mass is 10.0. The number of aliphatic hydroxyl groups is 1. The molecular formula is C15H26N2O2. The first-order chi connectivity index (χ1) is 9.30. The van der Waals surface area contributed by atoms with Crippen LogP contribution in [0.3, 0.4) is 0 Å². The zero-order valence-electron chi connectivity index (χ0n) is 11.7. The number of ether oxygens (including phenoxy) is 1. The van der Waals surface area contributed by atoms with Gasteiger partial charge < -0.3 is 20.9 Å². The highest BCUT2D eigenvalue weighted by atomic mass is 16.5. The Hall–Kier alpha value is -0.940. The number of hydrogen-bond donors (Lipinski definition) is 3. The lowest BCUT2D eigenvalue weighted by molar-refractivity contribution is 0.143. The van der Waals surface area contributed by atoms with Crippen LogP contribution in [0.2, 0.25) is 0 Å². The summed E-state index contributed by atoms with van der Waals surface area (Å²) in [6, 6.07) is 10.5. The first-order valence-corrected chi connectivity index (χ1v) is 6.90. The molecule has 1 aromatic carbocycles. The maximum atomic E-state index is 9.50. The van der Waals surface area contributed by atoms with E-state index in [1.807, 2.05) is 18.2 Å². The van der Waals surface area contributed by atoms with Crippen molar-refractivity contribution in [3.63, 3.8) is 0 Å². The van der Waals surface area contributed by atoms with Gasteiger partial charge in [-0.3, -0.25) is 0 Å². The van der Waals surface area contributed by atoms with Gasteiger partial charge in [0.1, 0.15) is 0 Å². The van der Waals surface area contributed by atoms with E-state index >= 15 is 0 Å². The topological polar surface area (TPSA) is 67.5 Å². The predicted molar refractivity (Wildman–Crippen MR) is 78.1 cm³/mol. The minimum Gasteiger partial charge on any atom is -0.395 e. The Morgan fingerprint density at radius 2 is 2.00 bits per heavy atom. The highest BCUT2D eigenvalue weighted by Crippen LogP contribution is 2.05. The molecule has 2 atom stereocenters. The molecule has 0 amide bonds. The summed E-state index contributed by atoms with van der Waals surface area (Å²) in [5, 5.41) is 13.0. The second kappa shape index (κ2) is 9.92. The number of aliphatic hydroxyl groups excluding tert-OH is 1. The van der Waals surface area contributed by atoms with Crippen molar-refractivity contribution in [3.8, 4) is 0 Å². The van der Waals surface area contributed by atoms with Gasteiger partial charge in [0.15, 0.2) is 0 Å². The molecule has 0 radical (unpaired) electrons. The smallest absolute Gasteiger partial charge is 0.0615 e. The predicted octanol–water partition coefficient (Wildman–Crippen LogP) is 0.934. The van der Waals surface area contributed by atoms with Gasteiger partial charge in [-0.25, -0.2) is 0 Å². The Kier molecular flexibility index (Phi) is 8.41. The van der Waals surface area contributed by atoms with Gasteiger partial charge in [-0.1, -0.05) is 30.3 Å². The largest absolute Gasteiger partial charge is 0.395 e. The molecule has 0 spiro atoms. The SMILES string of the molecule is COCC(CCCN)N[C@@H](CO)Cc1ccccc1. The van der Waals surface area contributed by atoms with E-state index in [9.17, 15) is 5.11 Å². The van der Waals surface area contributed by atoms with E-state index in [1.165, 1.54) is 5.56 Å². The molecule has 1 unspecified atom stereocenters. The number of benzene rings is 1. The van der Waals surface area contributed by atoms with Crippen LogP contribution in [-0.4, -0.2) is 44.1 Å². The van der Waals surface area contributed by atoms with Crippen LogP contribution >= 0.6 is 0 Å². The molecule has 1 aromatic rings. The molecule has 19 heavy (non-hydrogen) atoms. The molecule has 4 N–H and O–H groups in total. The molecule has 0 aliphatic carbocycles. The van der Waals surface area contributed by atoms with Crippen LogP contribution in [0, 0.1) is 0 Å². The minimum atomic E-state index is 0.0559. The second-order valence-corrected chi connectivity index (χ2v) is 4.82. The molecule has 0 saturated carbocycles. The van der Waals surface area contributed by atoms with Gasteiger partial charge >= 0.3 is 0 Å². The molecule has 0 saturated heterocycles. The molecule has 0 aliphatic rings. The highest BCUT2D eigenvalue weighted by molar-refractivity contribution is 5.15. The summed E-state index contributed by atoms with van der Waals surface area (Å²) in [5.41, 5.74) is 6.77. The monoisotopic (exact) mass is 266 g/mol. The fourth-order valence-corrected chi connectivity index (χ4v) is 2.19. The summed E-state index contributed by atoms with van der Waals surface area (Å²) in [6.07, 6.45) is 2.75. The van der Waals surface area contributed by atoms with Crippen LogP contribution < -0.4 is 11.1 Å². The maximum Gasteiger partial charge on any atom is 0.0615 e. The fraction of sp³-hybridized carbons (Fsp3) is 0.600. The Balaban J connectivity index is 2.48. The summed E-state index contributed by atoms with van der Waals surface area (Å²) in [4.78, 5) is 0. The summed E-state index contributed by atoms with van der Waals surface area (Å²) >= 11 is 0. The number of methoxy groups -OCH3 is 1. The minimum absolute atomic E-state index is 0.0559. The van der Waals surface area contributed by atoms with Gasteiger partial charge in [-0.05, 0) is 31.4 Å². The van der Waals surface area contributed by atoms with Gasteiger partial charge in [-0.2, -0.15) is 0 Å². The van der Waals surface area contributed by atoms with Crippen molar-refractivity contribution in [2.45, 2.75) is 31.3 Å². The van der Waals surface area contributed by atoms with Crippen LogP contribution in [0.1, 0.15) is 18.4 Å². The van der Waals surface area contributed by atoms with Gasteiger partial charge in [0.05, 0.1) is 13.2 Å². The lowest BCUT2D eigenvalue weighted by Gasteiger charge is -2.24. The normalized spacial score (nSPS) is 14.3. The van der Waals surface area contributed by atoms with Crippen LogP contribution in [-0.2, 0) is 11.2 Å². The van der Waals surface area contributed by atoms with E-state index in [2.05, 4.69) is 17.4 Å². The van der Waals surface area contributed by atoms with Crippen molar-refractivity contribution in [2.24, 2.45) is 5.73 Å². The van der Waals surface area contributed by atoms with Crippen molar-refractivity contribution in [2.75, 3.05) is 26.9 Å². The van der Waals surface area contributed by atoms with E-state index in [1.54, 1.807) is 7.11 Å². The van der Waals surface area contributed by atoms with Gasteiger partial charge in [0, 0.05) is 19.2 Å². The number of nitrogens with two attached hydrogens (primary N) is 1. The van der Waals surface area contributed by atoms with E-state index in [-0.39, 0.29) is 18.7 Å². The molecule has 1 rings (SSSR count). The molecule has 0 aromatic heterocycles. The van der Waals surface area contributed by atoms with E-state index in [4.69, 9.17) is 10.5 Å². The van der Waals surface area contributed by atoms with Gasteiger partial charge in [0.25, 0.3) is 0 Å². The van der Waals surface area contributed by atoms with Crippen molar-refractivity contribution in [1.82, 2.24) is 5.32 Å². The Bertz CT molecular complexity index is 319. The van der Waals surface area contributed by atoms with E-state index < -0.39 is 0 Å². The first-order valence-electron chi connectivity index (χ1n) is 6.90. The standard InChI is InChI=1S/C15H26N2O2/c1-19-12-14(8-5-9-16)17-15(11-18)10-13-6-3-2-4-7-13/h2-4,6-7,14-15,17-18H,5,8-12,16H2,1H3/t14?,15-/m1/s1. The van der Waals surface area contributed by atoms with Crippen LogP contribution in [0.4, 0.5) is 0 Å². The molecule has 0 bridgehead atoms. The molecule has 4 heteroatoms. The molecule has 0 aliphatic heterocycles. The number of rotatable bonds is 10. The Morgan fingerprint density at radius 1 is 1.26 bits per heavy atom. The summed E-state index contributed by atoms with van der Waals surface area (Å²) in [6.45, 7) is 1.45. The van der Waals surface area contributed by atoms with Crippen LogP contribution in [0.25, 0.3) is 0 Å². The quantitative estimate of drug-likeness (QED) is 0.589. The molecule has 108 valence electrons. The first kappa shape index (κ1) is 16.1. The molecule has 4 nitrogen and oxygen atoms in total. The van der Waals surface area contributed by atoms with E-state index in [0.717, 1.165) is 19.3 Å². The van der Waals surface area contributed by atoms with Gasteiger partial charge in [-0.15, -0.1) is 0 Å². The molecule has 0 heterocycles. The van der Waals surface area contributed by atoms with Gasteiger partial charge in [0.2, 0.25) is 0 Å². The summed E-state index contributed by atoms with van der Waals surface area (Å²) in [7, 11) is 1.70. The lowest BCUT2D eigenvalue weighted by Crippen LogP contribution is -2.44. The number of hydrogen-bond acceptors (Lipinski definition) is 4. The number of nitrogens with one attached hydrogen (secondary N) is 1. The summed E-state index contributed by atoms with van der Waals surface area (Å²) in [5.74, 6) is 0. The molecular weight excluding hydrogens is 240 g/mol. The summed E-state index contributed by atoms with van der Waals surface area (Å²) < 4.78 is 5.21. The zero-order chi connectivity index (χ0) is 13.9. The fourth-order valence-electron chi connectivity index (χ4n) is 2.19. The average molecular weight is 266 g/mol. The van der Waals surface area contributed by atoms with E-state index in [0.29, 0.717) is 13.2 Å². The zero-order valence-corrected chi connectivity index (χ0v) is 11.7. The molecule has 0 fully saturated rings. The van der Waals surface area contributed by atoms with Crippen molar-refractivity contribution in [1.29, 1.82) is 0 Å². The second-order valence-electron chi connectivity index (χ2n) is 4.82. The average Bonchev–Trinajstić information content (AvgIpc) is 2.45. The Morgan fingerprint density at radius 3 is 2.58 bits per heavy atom.